The van der Waals surface area contributed by atoms with E-state index in [2.05, 4.69) is 15.1 Å². The number of fused-ring (bicyclic) bond motifs is 1. The van der Waals surface area contributed by atoms with Gasteiger partial charge in [0, 0.05) is 15.8 Å². The lowest BCUT2D eigenvalue weighted by Crippen LogP contribution is -2.09. The second-order valence-corrected chi connectivity index (χ2v) is 6.78. The highest BCUT2D eigenvalue weighted by Gasteiger charge is 2.16. The molecule has 130 valence electrons. The van der Waals surface area contributed by atoms with Crippen molar-refractivity contribution in [1.29, 1.82) is 0 Å². The molecule has 4 rings (SSSR count). The predicted octanol–water partition coefficient (Wildman–Crippen LogP) is 4.67. The second-order valence-electron chi connectivity index (χ2n) is 5.56. The molecule has 0 atom stereocenters. The molecule has 0 fully saturated rings. The fraction of sp³-hybridized carbons (Fsp3) is 0.111. The Labute approximate surface area is 157 Å². The van der Waals surface area contributed by atoms with E-state index < -0.39 is 5.97 Å². The molecule has 0 bridgehead atoms. The standard InChI is InChI=1S/C18H12ClN3O3S/c1-10-14(7-12-6-13(19)2-3-15(12)20-10)18(23)24-8-16-21-17(25-22-16)11-4-5-26-9-11/h2-7,9H,8H2,1H3. The molecule has 0 saturated heterocycles. The first kappa shape index (κ1) is 16.7. The van der Waals surface area contributed by atoms with Gasteiger partial charge in [-0.25, -0.2) is 4.79 Å². The van der Waals surface area contributed by atoms with E-state index in [0.717, 1.165) is 16.5 Å². The Balaban J connectivity index is 1.51. The molecule has 0 aliphatic heterocycles. The van der Waals surface area contributed by atoms with Gasteiger partial charge in [-0.05, 0) is 42.6 Å². The number of thiophene rings is 1. The smallest absolute Gasteiger partial charge is 0.340 e. The Morgan fingerprint density at radius 2 is 2.15 bits per heavy atom. The molecule has 0 saturated carbocycles. The highest BCUT2D eigenvalue weighted by atomic mass is 35.5. The van der Waals surface area contributed by atoms with Crippen molar-refractivity contribution in [3.63, 3.8) is 0 Å². The highest BCUT2D eigenvalue weighted by molar-refractivity contribution is 7.08. The van der Waals surface area contributed by atoms with Crippen LogP contribution in [0.1, 0.15) is 21.9 Å². The minimum absolute atomic E-state index is 0.0838. The van der Waals surface area contributed by atoms with Gasteiger partial charge >= 0.3 is 5.97 Å². The van der Waals surface area contributed by atoms with Crippen molar-refractivity contribution in [1.82, 2.24) is 15.1 Å². The molecule has 6 nitrogen and oxygen atoms in total. The van der Waals surface area contributed by atoms with E-state index in [0.29, 0.717) is 28.0 Å². The molecular formula is C18H12ClN3O3S. The monoisotopic (exact) mass is 385 g/mol. The number of pyridine rings is 1. The topological polar surface area (TPSA) is 78.1 Å². The van der Waals surface area contributed by atoms with Crippen LogP contribution in [0.2, 0.25) is 5.02 Å². The number of hydrogen-bond acceptors (Lipinski definition) is 7. The van der Waals surface area contributed by atoms with Crippen molar-refractivity contribution in [2.24, 2.45) is 0 Å². The van der Waals surface area contributed by atoms with Crippen LogP contribution >= 0.6 is 22.9 Å². The third-order valence-electron chi connectivity index (χ3n) is 3.76. The molecular weight excluding hydrogens is 374 g/mol. The van der Waals surface area contributed by atoms with Crippen molar-refractivity contribution in [3.05, 3.63) is 63.2 Å². The van der Waals surface area contributed by atoms with Crippen molar-refractivity contribution >= 4 is 39.8 Å². The SMILES string of the molecule is Cc1nc2ccc(Cl)cc2cc1C(=O)OCc1noc(-c2ccsc2)n1. The summed E-state index contributed by atoms with van der Waals surface area (Å²) in [6, 6.07) is 8.93. The van der Waals surface area contributed by atoms with E-state index in [1.54, 1.807) is 25.1 Å². The van der Waals surface area contributed by atoms with Crippen LogP contribution in [-0.4, -0.2) is 21.1 Å². The molecule has 0 aliphatic carbocycles. The van der Waals surface area contributed by atoms with Gasteiger partial charge in [-0.3, -0.25) is 4.98 Å². The van der Waals surface area contributed by atoms with Crippen LogP contribution in [0.25, 0.3) is 22.4 Å². The molecule has 0 radical (unpaired) electrons. The Morgan fingerprint density at radius 1 is 1.27 bits per heavy atom. The number of aromatic nitrogens is 3. The maximum Gasteiger partial charge on any atom is 0.340 e. The summed E-state index contributed by atoms with van der Waals surface area (Å²) in [7, 11) is 0. The van der Waals surface area contributed by atoms with Crippen molar-refractivity contribution in [2.45, 2.75) is 13.5 Å². The van der Waals surface area contributed by atoms with Gasteiger partial charge in [-0.15, -0.1) is 0 Å². The molecule has 0 N–H and O–H groups in total. The third kappa shape index (κ3) is 3.31. The number of halogens is 1. The maximum absolute atomic E-state index is 12.4. The fourth-order valence-corrected chi connectivity index (χ4v) is 3.28. The second kappa shape index (κ2) is 6.86. The van der Waals surface area contributed by atoms with Crippen LogP contribution in [-0.2, 0) is 11.3 Å². The number of nitrogens with zero attached hydrogens (tertiary/aromatic N) is 3. The van der Waals surface area contributed by atoms with Crippen LogP contribution in [0.15, 0.2) is 45.6 Å². The molecule has 8 heteroatoms. The van der Waals surface area contributed by atoms with E-state index >= 15 is 0 Å². The first-order valence-corrected chi connectivity index (χ1v) is 9.01. The molecule has 1 aromatic carbocycles. The minimum Gasteiger partial charge on any atom is -0.454 e. The van der Waals surface area contributed by atoms with Gasteiger partial charge in [0.25, 0.3) is 5.89 Å². The average Bonchev–Trinajstić information content (AvgIpc) is 3.30. The van der Waals surface area contributed by atoms with Crippen molar-refractivity contribution in [3.8, 4) is 11.5 Å². The van der Waals surface area contributed by atoms with Crippen molar-refractivity contribution in [2.75, 3.05) is 0 Å². The summed E-state index contributed by atoms with van der Waals surface area (Å²) in [5.41, 5.74) is 2.56. The molecule has 0 aliphatic rings. The quantitative estimate of drug-likeness (QED) is 0.475. The average molecular weight is 386 g/mol. The van der Waals surface area contributed by atoms with E-state index in [4.69, 9.17) is 20.9 Å². The largest absolute Gasteiger partial charge is 0.454 e. The van der Waals surface area contributed by atoms with Crippen LogP contribution in [0, 0.1) is 6.92 Å². The zero-order valence-corrected chi connectivity index (χ0v) is 15.2. The van der Waals surface area contributed by atoms with Crippen molar-refractivity contribution < 1.29 is 14.1 Å². The maximum atomic E-state index is 12.4. The molecule has 0 spiro atoms. The van der Waals surface area contributed by atoms with E-state index in [9.17, 15) is 4.79 Å². The van der Waals surface area contributed by atoms with Crippen LogP contribution < -0.4 is 0 Å². The number of carbonyl (C=O) groups excluding carboxylic acids is 1. The summed E-state index contributed by atoms with van der Waals surface area (Å²) in [4.78, 5) is 21.1. The van der Waals surface area contributed by atoms with Crippen LogP contribution in [0.4, 0.5) is 0 Å². The molecule has 3 heterocycles. The Hall–Kier alpha value is -2.77. The van der Waals surface area contributed by atoms with Gasteiger partial charge in [0.05, 0.1) is 22.3 Å². The Morgan fingerprint density at radius 3 is 2.96 bits per heavy atom. The predicted molar refractivity (Wildman–Crippen MR) is 98.2 cm³/mol. The number of ether oxygens (including phenoxy) is 1. The Bertz CT molecular complexity index is 1090. The summed E-state index contributed by atoms with van der Waals surface area (Å²) in [5, 5.41) is 9.00. The van der Waals surface area contributed by atoms with Gasteiger partial charge in [0.2, 0.25) is 5.82 Å². The number of benzene rings is 1. The molecule has 0 unspecified atom stereocenters. The van der Waals surface area contributed by atoms with Crippen LogP contribution in [0.5, 0.6) is 0 Å². The summed E-state index contributed by atoms with van der Waals surface area (Å²) < 4.78 is 10.5. The van der Waals surface area contributed by atoms with Gasteiger partial charge < -0.3 is 9.26 Å². The first-order valence-electron chi connectivity index (χ1n) is 7.69. The third-order valence-corrected chi connectivity index (χ3v) is 4.67. The zero-order chi connectivity index (χ0) is 18.1. The van der Waals surface area contributed by atoms with Gasteiger partial charge in [-0.2, -0.15) is 16.3 Å². The lowest BCUT2D eigenvalue weighted by atomic mass is 10.1. The normalized spacial score (nSPS) is 11.0. The van der Waals surface area contributed by atoms with E-state index in [1.807, 2.05) is 22.9 Å². The lowest BCUT2D eigenvalue weighted by molar-refractivity contribution is 0.0458. The van der Waals surface area contributed by atoms with Gasteiger partial charge in [-0.1, -0.05) is 16.8 Å². The summed E-state index contributed by atoms with van der Waals surface area (Å²) in [6.07, 6.45) is 0. The number of hydrogen-bond donors (Lipinski definition) is 0. The zero-order valence-electron chi connectivity index (χ0n) is 13.6. The van der Waals surface area contributed by atoms with E-state index in [-0.39, 0.29) is 6.61 Å². The fourth-order valence-electron chi connectivity index (χ4n) is 2.47. The molecule has 3 aromatic heterocycles. The summed E-state index contributed by atoms with van der Waals surface area (Å²) in [5.74, 6) is 0.197. The van der Waals surface area contributed by atoms with Crippen LogP contribution in [0.3, 0.4) is 0 Å². The molecule has 26 heavy (non-hydrogen) atoms. The number of rotatable bonds is 4. The number of carbonyl (C=O) groups is 1. The van der Waals surface area contributed by atoms with Gasteiger partial charge in [0.1, 0.15) is 0 Å². The summed E-state index contributed by atoms with van der Waals surface area (Å²) in [6.45, 7) is 1.67. The Kier molecular flexibility index (Phi) is 4.40. The molecule has 4 aromatic rings. The minimum atomic E-state index is -0.501. The highest BCUT2D eigenvalue weighted by Crippen LogP contribution is 2.22. The first-order chi connectivity index (χ1) is 12.6. The summed E-state index contributed by atoms with van der Waals surface area (Å²) >= 11 is 7.54. The van der Waals surface area contributed by atoms with E-state index in [1.165, 1.54) is 11.3 Å². The van der Waals surface area contributed by atoms with Gasteiger partial charge in [0.15, 0.2) is 6.61 Å². The lowest BCUT2D eigenvalue weighted by Gasteiger charge is -2.07. The number of esters is 1. The molecule has 0 amide bonds. The number of aryl methyl sites for hydroxylation is 1.